The van der Waals surface area contributed by atoms with Crippen molar-refractivity contribution < 1.29 is 19.1 Å². The molecule has 154 valence electrons. The Balaban J connectivity index is 1.32. The molecule has 0 saturated carbocycles. The van der Waals surface area contributed by atoms with Crippen molar-refractivity contribution >= 4 is 11.8 Å². The van der Waals surface area contributed by atoms with Gasteiger partial charge in [0, 0.05) is 45.7 Å². The molecule has 28 heavy (non-hydrogen) atoms. The van der Waals surface area contributed by atoms with E-state index in [-0.39, 0.29) is 11.8 Å². The molecule has 3 rings (SSSR count). The maximum absolute atomic E-state index is 12.4. The fraction of sp³-hybridized carbons (Fsp3) is 0.619. The lowest BCUT2D eigenvalue weighted by atomic mass is 10.2. The first-order valence-corrected chi connectivity index (χ1v) is 10.2. The van der Waals surface area contributed by atoms with Gasteiger partial charge in [0.1, 0.15) is 5.75 Å². The van der Waals surface area contributed by atoms with Gasteiger partial charge in [-0.15, -0.1) is 0 Å². The molecule has 0 unspecified atom stereocenters. The third-order valence-electron chi connectivity index (χ3n) is 5.33. The Morgan fingerprint density at radius 2 is 1.61 bits per heavy atom. The number of benzene rings is 1. The van der Waals surface area contributed by atoms with Gasteiger partial charge in [-0.2, -0.15) is 0 Å². The zero-order chi connectivity index (χ0) is 19.8. The third-order valence-corrected chi connectivity index (χ3v) is 5.33. The van der Waals surface area contributed by atoms with Crippen LogP contribution in [0.25, 0.3) is 0 Å². The lowest BCUT2D eigenvalue weighted by Gasteiger charge is -2.36. The molecule has 2 heterocycles. The van der Waals surface area contributed by atoms with E-state index in [1.54, 1.807) is 0 Å². The van der Waals surface area contributed by atoms with Crippen molar-refractivity contribution in [3.05, 3.63) is 29.8 Å². The summed E-state index contributed by atoms with van der Waals surface area (Å²) in [5.74, 6) is 1.18. The van der Waals surface area contributed by atoms with Gasteiger partial charge in [-0.05, 0) is 25.0 Å². The van der Waals surface area contributed by atoms with Crippen LogP contribution in [0.15, 0.2) is 24.3 Å². The van der Waals surface area contributed by atoms with Gasteiger partial charge in [-0.25, -0.2) is 0 Å². The molecule has 0 N–H and O–H groups in total. The highest BCUT2D eigenvalue weighted by molar-refractivity contribution is 5.79. The van der Waals surface area contributed by atoms with E-state index in [1.165, 1.54) is 0 Å². The molecule has 2 fully saturated rings. The number of piperazine rings is 1. The Morgan fingerprint density at radius 3 is 2.29 bits per heavy atom. The third kappa shape index (κ3) is 5.94. The molecule has 0 atom stereocenters. The van der Waals surface area contributed by atoms with E-state index in [1.807, 2.05) is 41.0 Å². The van der Waals surface area contributed by atoms with Gasteiger partial charge in [0.15, 0.2) is 0 Å². The lowest BCUT2D eigenvalue weighted by Crippen LogP contribution is -2.53. The number of nitrogens with zero attached hydrogens (tertiary/aromatic N) is 3. The Bertz CT molecular complexity index is 653. The number of ether oxygens (including phenoxy) is 2. The topological polar surface area (TPSA) is 62.3 Å². The molecule has 7 heteroatoms. The van der Waals surface area contributed by atoms with Crippen LogP contribution in [-0.4, -0.2) is 92.1 Å². The van der Waals surface area contributed by atoms with Gasteiger partial charge < -0.3 is 19.3 Å². The van der Waals surface area contributed by atoms with Gasteiger partial charge in [0.25, 0.3) is 0 Å². The zero-order valence-electron chi connectivity index (χ0n) is 16.8. The summed E-state index contributed by atoms with van der Waals surface area (Å²) < 4.78 is 11.1. The van der Waals surface area contributed by atoms with Crippen LogP contribution in [0.1, 0.15) is 18.4 Å². The minimum Gasteiger partial charge on any atom is -0.493 e. The largest absolute Gasteiger partial charge is 0.493 e. The average Bonchev–Trinajstić information content (AvgIpc) is 2.73. The van der Waals surface area contributed by atoms with Crippen molar-refractivity contribution in [3.63, 3.8) is 0 Å². The SMILES string of the molecule is Cc1ccccc1OCCCC(=O)N1CCN(C(=O)CN2CCOCC2)CC1. The van der Waals surface area contributed by atoms with E-state index < -0.39 is 0 Å². The predicted octanol–water partition coefficient (Wildman–Crippen LogP) is 1.16. The van der Waals surface area contributed by atoms with Crippen LogP contribution in [-0.2, 0) is 14.3 Å². The molecule has 1 aromatic rings. The number of para-hydroxylation sites is 1. The van der Waals surface area contributed by atoms with Gasteiger partial charge >= 0.3 is 0 Å². The second-order valence-corrected chi connectivity index (χ2v) is 7.37. The number of aryl methyl sites for hydroxylation is 1. The van der Waals surface area contributed by atoms with Gasteiger partial charge in [-0.1, -0.05) is 18.2 Å². The Morgan fingerprint density at radius 1 is 0.964 bits per heavy atom. The minimum absolute atomic E-state index is 0.147. The molecular formula is C21H31N3O4. The van der Waals surface area contributed by atoms with E-state index in [0.29, 0.717) is 65.4 Å². The smallest absolute Gasteiger partial charge is 0.236 e. The Hall–Kier alpha value is -2.12. The summed E-state index contributed by atoms with van der Waals surface area (Å²) in [5, 5.41) is 0. The maximum Gasteiger partial charge on any atom is 0.236 e. The number of amides is 2. The highest BCUT2D eigenvalue weighted by Crippen LogP contribution is 2.16. The van der Waals surface area contributed by atoms with Crippen molar-refractivity contribution in [3.8, 4) is 5.75 Å². The maximum atomic E-state index is 12.4. The highest BCUT2D eigenvalue weighted by atomic mass is 16.5. The lowest BCUT2D eigenvalue weighted by molar-refractivity contribution is -0.140. The number of carbonyl (C=O) groups is 2. The number of rotatable bonds is 7. The number of hydrogen-bond donors (Lipinski definition) is 0. The minimum atomic E-state index is 0.147. The van der Waals surface area contributed by atoms with Crippen molar-refractivity contribution in [2.45, 2.75) is 19.8 Å². The molecule has 1 aromatic carbocycles. The van der Waals surface area contributed by atoms with Crippen LogP contribution < -0.4 is 4.74 Å². The second-order valence-electron chi connectivity index (χ2n) is 7.37. The summed E-state index contributed by atoms with van der Waals surface area (Å²) in [6, 6.07) is 7.90. The Labute approximate surface area is 167 Å². The van der Waals surface area contributed by atoms with Crippen molar-refractivity contribution in [2.24, 2.45) is 0 Å². The van der Waals surface area contributed by atoms with Gasteiger partial charge in [0.2, 0.25) is 11.8 Å². The molecule has 7 nitrogen and oxygen atoms in total. The molecule has 0 aromatic heterocycles. The molecule has 0 bridgehead atoms. The van der Waals surface area contributed by atoms with E-state index in [0.717, 1.165) is 24.4 Å². The predicted molar refractivity (Wildman–Crippen MR) is 106 cm³/mol. The van der Waals surface area contributed by atoms with Gasteiger partial charge in [0.05, 0.1) is 26.4 Å². The summed E-state index contributed by atoms with van der Waals surface area (Å²) in [6.07, 6.45) is 1.18. The molecule has 2 aliphatic heterocycles. The average molecular weight is 389 g/mol. The van der Waals surface area contributed by atoms with Crippen molar-refractivity contribution in [1.82, 2.24) is 14.7 Å². The van der Waals surface area contributed by atoms with E-state index >= 15 is 0 Å². The normalized spacial score (nSPS) is 18.2. The highest BCUT2D eigenvalue weighted by Gasteiger charge is 2.25. The second kappa shape index (κ2) is 10.4. The first kappa shape index (κ1) is 20.6. The first-order valence-electron chi connectivity index (χ1n) is 10.2. The zero-order valence-corrected chi connectivity index (χ0v) is 16.8. The number of hydrogen-bond acceptors (Lipinski definition) is 5. The molecule has 0 aliphatic carbocycles. The van der Waals surface area contributed by atoms with E-state index in [9.17, 15) is 9.59 Å². The summed E-state index contributed by atoms with van der Waals surface area (Å²) in [4.78, 5) is 30.7. The summed E-state index contributed by atoms with van der Waals surface area (Å²) in [7, 11) is 0. The summed E-state index contributed by atoms with van der Waals surface area (Å²) in [5.41, 5.74) is 1.10. The van der Waals surface area contributed by atoms with Crippen LogP contribution in [0.3, 0.4) is 0 Å². The summed E-state index contributed by atoms with van der Waals surface area (Å²) in [6.45, 7) is 8.50. The fourth-order valence-corrected chi connectivity index (χ4v) is 3.54. The van der Waals surface area contributed by atoms with Crippen LogP contribution >= 0.6 is 0 Å². The Kier molecular flexibility index (Phi) is 7.68. The molecule has 0 radical (unpaired) electrons. The summed E-state index contributed by atoms with van der Waals surface area (Å²) >= 11 is 0. The number of carbonyl (C=O) groups excluding carboxylic acids is 2. The molecular weight excluding hydrogens is 358 g/mol. The van der Waals surface area contributed by atoms with Crippen LogP contribution in [0.4, 0.5) is 0 Å². The van der Waals surface area contributed by atoms with Crippen LogP contribution in [0, 0.1) is 6.92 Å². The monoisotopic (exact) mass is 389 g/mol. The fourth-order valence-electron chi connectivity index (χ4n) is 3.54. The molecule has 0 spiro atoms. The standard InChI is InChI=1S/C21H31N3O4/c1-18-5-2-3-6-19(18)28-14-4-7-20(25)23-8-10-24(11-9-23)21(26)17-22-12-15-27-16-13-22/h2-3,5-6H,4,7-17H2,1H3. The van der Waals surface area contributed by atoms with E-state index in [2.05, 4.69) is 4.90 Å². The van der Waals surface area contributed by atoms with Crippen molar-refractivity contribution in [1.29, 1.82) is 0 Å². The van der Waals surface area contributed by atoms with Gasteiger partial charge in [-0.3, -0.25) is 14.5 Å². The van der Waals surface area contributed by atoms with Crippen molar-refractivity contribution in [2.75, 3.05) is 65.6 Å². The quantitative estimate of drug-likeness (QED) is 0.655. The van der Waals surface area contributed by atoms with E-state index in [4.69, 9.17) is 9.47 Å². The molecule has 2 amide bonds. The molecule has 2 saturated heterocycles. The first-order chi connectivity index (χ1) is 13.6. The van der Waals surface area contributed by atoms with Crippen LogP contribution in [0.5, 0.6) is 5.75 Å². The molecule has 2 aliphatic rings. The van der Waals surface area contributed by atoms with Crippen LogP contribution in [0.2, 0.25) is 0 Å². The number of morpholine rings is 1.